The number of nitrogens with one attached hydrogen (secondary N) is 1. The van der Waals surface area contributed by atoms with Crippen LogP contribution in [0, 0.1) is 0 Å². The number of hydrogen-bond acceptors (Lipinski definition) is 3. The fraction of sp³-hybridized carbons (Fsp3) is 0.400. The van der Waals surface area contributed by atoms with Crippen molar-refractivity contribution in [1.29, 1.82) is 0 Å². The second-order valence-corrected chi connectivity index (χ2v) is 4.69. The number of likely N-dealkylation sites (N-methyl/N-ethyl adjacent to an activating group) is 1. The van der Waals surface area contributed by atoms with E-state index < -0.39 is 0 Å². The first-order valence-electron chi connectivity index (χ1n) is 6.47. The first kappa shape index (κ1) is 13.6. The number of benzene rings is 1. The van der Waals surface area contributed by atoms with E-state index in [-0.39, 0.29) is 6.04 Å². The molecule has 4 nitrogen and oxygen atoms in total. The fourth-order valence-corrected chi connectivity index (χ4v) is 2.51. The van der Waals surface area contributed by atoms with Crippen molar-refractivity contribution >= 4 is 0 Å². The quantitative estimate of drug-likeness (QED) is 0.896. The van der Waals surface area contributed by atoms with Gasteiger partial charge in [0.25, 0.3) is 0 Å². The normalized spacial score (nSPS) is 14.1. The molecule has 1 aromatic carbocycles. The maximum Gasteiger partial charge on any atom is 0.161 e. The van der Waals surface area contributed by atoms with Crippen LogP contribution in [0.4, 0.5) is 0 Å². The SMILES string of the molecule is CNC(c1c(OC)cnn1C)C(C)c1ccccc1. The molecule has 0 aliphatic carbocycles. The van der Waals surface area contributed by atoms with E-state index in [2.05, 4.69) is 41.6 Å². The molecule has 2 unspecified atom stereocenters. The van der Waals surface area contributed by atoms with Gasteiger partial charge in [-0.15, -0.1) is 0 Å². The van der Waals surface area contributed by atoms with E-state index >= 15 is 0 Å². The maximum atomic E-state index is 5.41. The lowest BCUT2D eigenvalue weighted by molar-refractivity contribution is 0.387. The standard InChI is InChI=1S/C15H21N3O/c1-11(12-8-6-5-7-9-12)14(16-2)15-13(19-4)10-17-18(15)3/h5-11,14,16H,1-4H3. The second-order valence-electron chi connectivity index (χ2n) is 4.69. The van der Waals surface area contributed by atoms with E-state index in [1.807, 2.05) is 24.8 Å². The van der Waals surface area contributed by atoms with Gasteiger partial charge in [-0.2, -0.15) is 5.10 Å². The molecule has 0 spiro atoms. The number of aromatic nitrogens is 2. The molecule has 0 radical (unpaired) electrons. The molecule has 1 aromatic heterocycles. The zero-order chi connectivity index (χ0) is 13.8. The predicted molar refractivity (Wildman–Crippen MR) is 76.4 cm³/mol. The van der Waals surface area contributed by atoms with Gasteiger partial charge in [0, 0.05) is 13.0 Å². The molecule has 0 saturated carbocycles. The highest BCUT2D eigenvalue weighted by Gasteiger charge is 2.25. The highest BCUT2D eigenvalue weighted by Crippen LogP contribution is 2.34. The van der Waals surface area contributed by atoms with Gasteiger partial charge in [-0.25, -0.2) is 0 Å². The summed E-state index contributed by atoms with van der Waals surface area (Å²) in [5, 5.41) is 7.66. The van der Waals surface area contributed by atoms with Gasteiger partial charge >= 0.3 is 0 Å². The average Bonchev–Trinajstić information content (AvgIpc) is 2.82. The first-order chi connectivity index (χ1) is 9.19. The third-order valence-corrected chi connectivity index (χ3v) is 3.60. The van der Waals surface area contributed by atoms with Crippen LogP contribution >= 0.6 is 0 Å². The summed E-state index contributed by atoms with van der Waals surface area (Å²) < 4.78 is 7.29. The van der Waals surface area contributed by atoms with Crippen molar-refractivity contribution in [2.24, 2.45) is 7.05 Å². The maximum absolute atomic E-state index is 5.41. The number of aryl methyl sites for hydroxylation is 1. The van der Waals surface area contributed by atoms with Crippen LogP contribution in [0.15, 0.2) is 36.5 Å². The highest BCUT2D eigenvalue weighted by molar-refractivity contribution is 5.32. The largest absolute Gasteiger partial charge is 0.493 e. The third kappa shape index (κ3) is 2.63. The van der Waals surface area contributed by atoms with Crippen molar-refractivity contribution < 1.29 is 4.74 Å². The van der Waals surface area contributed by atoms with Crippen LogP contribution in [0.25, 0.3) is 0 Å². The smallest absolute Gasteiger partial charge is 0.161 e. The Morgan fingerprint density at radius 1 is 1.26 bits per heavy atom. The summed E-state index contributed by atoms with van der Waals surface area (Å²) in [6.45, 7) is 2.21. The predicted octanol–water partition coefficient (Wildman–Crippen LogP) is 2.49. The number of hydrogen-bond donors (Lipinski definition) is 1. The van der Waals surface area contributed by atoms with Gasteiger partial charge in [-0.05, 0) is 12.6 Å². The lowest BCUT2D eigenvalue weighted by Gasteiger charge is -2.25. The summed E-state index contributed by atoms with van der Waals surface area (Å²) >= 11 is 0. The van der Waals surface area contributed by atoms with Crippen molar-refractivity contribution in [2.45, 2.75) is 18.9 Å². The van der Waals surface area contributed by atoms with Crippen LogP contribution < -0.4 is 10.1 Å². The van der Waals surface area contributed by atoms with Crippen molar-refractivity contribution in [3.63, 3.8) is 0 Å². The minimum atomic E-state index is 0.157. The number of ether oxygens (including phenoxy) is 1. The van der Waals surface area contributed by atoms with Gasteiger partial charge in [0.2, 0.25) is 0 Å². The molecule has 19 heavy (non-hydrogen) atoms. The molecule has 4 heteroatoms. The molecule has 0 fully saturated rings. The zero-order valence-corrected chi connectivity index (χ0v) is 11.9. The van der Waals surface area contributed by atoms with Crippen LogP contribution in [0.5, 0.6) is 5.75 Å². The Labute approximate surface area is 114 Å². The van der Waals surface area contributed by atoms with Gasteiger partial charge in [-0.3, -0.25) is 4.68 Å². The number of rotatable bonds is 5. The molecule has 0 saturated heterocycles. The summed E-state index contributed by atoms with van der Waals surface area (Å²) in [6, 6.07) is 10.6. The molecule has 102 valence electrons. The minimum Gasteiger partial charge on any atom is -0.493 e. The molecular weight excluding hydrogens is 238 g/mol. The molecular formula is C15H21N3O. The zero-order valence-electron chi connectivity index (χ0n) is 11.9. The second kappa shape index (κ2) is 5.89. The van der Waals surface area contributed by atoms with E-state index in [0.717, 1.165) is 11.4 Å². The van der Waals surface area contributed by atoms with Crippen molar-refractivity contribution in [2.75, 3.05) is 14.2 Å². The van der Waals surface area contributed by atoms with Crippen LogP contribution in [0.1, 0.15) is 30.1 Å². The van der Waals surface area contributed by atoms with Gasteiger partial charge in [0.15, 0.2) is 5.75 Å². The summed E-state index contributed by atoms with van der Waals surface area (Å²) in [6.07, 6.45) is 1.76. The minimum absolute atomic E-state index is 0.157. The van der Waals surface area contributed by atoms with Crippen molar-refractivity contribution in [3.8, 4) is 5.75 Å². The Bertz CT molecular complexity index is 521. The first-order valence-corrected chi connectivity index (χ1v) is 6.47. The lowest BCUT2D eigenvalue weighted by Crippen LogP contribution is -2.25. The van der Waals surface area contributed by atoms with Crippen LogP contribution in [0.3, 0.4) is 0 Å². The van der Waals surface area contributed by atoms with E-state index in [4.69, 9.17) is 4.74 Å². The van der Waals surface area contributed by atoms with Gasteiger partial charge in [0.1, 0.15) is 0 Å². The summed E-state index contributed by atoms with van der Waals surface area (Å²) in [4.78, 5) is 0. The van der Waals surface area contributed by atoms with Crippen molar-refractivity contribution in [3.05, 3.63) is 47.8 Å². The molecule has 2 aromatic rings. The van der Waals surface area contributed by atoms with Crippen LogP contribution in [-0.4, -0.2) is 23.9 Å². The van der Waals surface area contributed by atoms with E-state index in [9.17, 15) is 0 Å². The lowest BCUT2D eigenvalue weighted by atomic mass is 9.91. The Morgan fingerprint density at radius 3 is 2.53 bits per heavy atom. The average molecular weight is 259 g/mol. The molecule has 1 N–H and O–H groups in total. The van der Waals surface area contributed by atoms with Crippen molar-refractivity contribution in [1.82, 2.24) is 15.1 Å². The summed E-state index contributed by atoms with van der Waals surface area (Å²) in [7, 11) is 5.59. The topological polar surface area (TPSA) is 39.1 Å². The van der Waals surface area contributed by atoms with E-state index in [0.29, 0.717) is 5.92 Å². The number of nitrogens with zero attached hydrogens (tertiary/aromatic N) is 2. The molecule has 0 amide bonds. The molecule has 0 aliphatic heterocycles. The van der Waals surface area contributed by atoms with Gasteiger partial charge in [-0.1, -0.05) is 37.3 Å². The molecule has 2 atom stereocenters. The van der Waals surface area contributed by atoms with E-state index in [1.165, 1.54) is 5.56 Å². The summed E-state index contributed by atoms with van der Waals surface area (Å²) in [5.41, 5.74) is 2.37. The van der Waals surface area contributed by atoms with Gasteiger partial charge < -0.3 is 10.1 Å². The van der Waals surface area contributed by atoms with Crippen LogP contribution in [0.2, 0.25) is 0 Å². The fourth-order valence-electron chi connectivity index (χ4n) is 2.51. The highest BCUT2D eigenvalue weighted by atomic mass is 16.5. The monoisotopic (exact) mass is 259 g/mol. The Hall–Kier alpha value is -1.81. The van der Waals surface area contributed by atoms with Crippen LogP contribution in [-0.2, 0) is 7.05 Å². The third-order valence-electron chi connectivity index (χ3n) is 3.60. The Kier molecular flexibility index (Phi) is 4.22. The van der Waals surface area contributed by atoms with Gasteiger partial charge in [0.05, 0.1) is 25.0 Å². The molecule has 0 bridgehead atoms. The molecule has 2 rings (SSSR count). The molecule has 0 aliphatic rings. The Morgan fingerprint density at radius 2 is 1.95 bits per heavy atom. The van der Waals surface area contributed by atoms with E-state index in [1.54, 1.807) is 13.3 Å². The molecule has 1 heterocycles. The number of methoxy groups -OCH3 is 1. The Balaban J connectivity index is 2.37. The summed E-state index contributed by atoms with van der Waals surface area (Å²) in [5.74, 6) is 1.15.